The summed E-state index contributed by atoms with van der Waals surface area (Å²) >= 11 is 0. The Morgan fingerprint density at radius 2 is 1.77 bits per heavy atom. The lowest BCUT2D eigenvalue weighted by atomic mass is 10.1. The molecule has 1 N–H and O–H groups in total. The highest BCUT2D eigenvalue weighted by atomic mass is 19.4. The van der Waals surface area contributed by atoms with Gasteiger partial charge in [0.1, 0.15) is 0 Å². The van der Waals surface area contributed by atoms with E-state index < -0.39 is 23.6 Å². The summed E-state index contributed by atoms with van der Waals surface area (Å²) in [6, 6.07) is 9.56. The van der Waals surface area contributed by atoms with Crippen molar-refractivity contribution in [2.75, 3.05) is 12.4 Å². The largest absolute Gasteiger partial charge is 0.465 e. The highest BCUT2D eigenvalue weighted by Gasteiger charge is 2.31. The number of para-hydroxylation sites is 1. The fourth-order valence-corrected chi connectivity index (χ4v) is 3.00. The zero-order valence-electron chi connectivity index (χ0n) is 16.4. The van der Waals surface area contributed by atoms with E-state index in [1.54, 1.807) is 26.0 Å². The molecule has 30 heavy (non-hydrogen) atoms. The first-order valence-corrected chi connectivity index (χ1v) is 8.85. The number of methoxy groups -OCH3 is 1. The smallest absolute Gasteiger partial charge is 0.416 e. The molecule has 0 saturated heterocycles. The molecule has 0 unspecified atom stereocenters. The van der Waals surface area contributed by atoms with E-state index in [-0.39, 0.29) is 16.8 Å². The van der Waals surface area contributed by atoms with Gasteiger partial charge < -0.3 is 10.1 Å². The number of nitrogens with one attached hydrogen (secondary N) is 1. The molecule has 9 heteroatoms. The van der Waals surface area contributed by atoms with Crippen molar-refractivity contribution in [3.8, 4) is 5.69 Å². The number of nitrogens with zero attached hydrogens (tertiary/aromatic N) is 2. The second-order valence-electron chi connectivity index (χ2n) is 6.55. The molecule has 3 rings (SSSR count). The summed E-state index contributed by atoms with van der Waals surface area (Å²) in [7, 11) is 1.24. The second-order valence-corrected chi connectivity index (χ2v) is 6.55. The van der Waals surface area contributed by atoms with Crippen molar-refractivity contribution in [1.82, 2.24) is 9.78 Å². The lowest BCUT2D eigenvalue weighted by Crippen LogP contribution is -2.17. The average molecular weight is 417 g/mol. The molecule has 3 aromatic rings. The summed E-state index contributed by atoms with van der Waals surface area (Å²) in [5.74, 6) is -1.16. The van der Waals surface area contributed by atoms with Gasteiger partial charge in [0.2, 0.25) is 0 Å². The molecule has 0 radical (unpaired) electrons. The normalized spacial score (nSPS) is 11.3. The zero-order chi connectivity index (χ0) is 22.1. The minimum absolute atomic E-state index is 0.159. The summed E-state index contributed by atoms with van der Waals surface area (Å²) in [5, 5.41) is 6.74. The van der Waals surface area contributed by atoms with Gasteiger partial charge in [-0.15, -0.1) is 0 Å². The standard InChI is InChI=1S/C21H18F3N3O3/c1-12-6-4-9-16(20(29)30-3)18(12)26-19(28)17-11-25-27(13(17)2)15-8-5-7-14(10-15)21(22,23)24/h4-11H,1-3H3,(H,26,28). The number of benzene rings is 2. The van der Waals surface area contributed by atoms with Gasteiger partial charge in [-0.2, -0.15) is 18.3 Å². The number of carbonyl (C=O) groups excluding carboxylic acids is 2. The van der Waals surface area contributed by atoms with E-state index in [9.17, 15) is 22.8 Å². The van der Waals surface area contributed by atoms with E-state index in [2.05, 4.69) is 10.4 Å². The number of halogens is 3. The van der Waals surface area contributed by atoms with Crippen LogP contribution < -0.4 is 5.32 Å². The number of ether oxygens (including phenoxy) is 1. The number of carbonyl (C=O) groups is 2. The number of rotatable bonds is 4. The van der Waals surface area contributed by atoms with Crippen LogP contribution in [-0.2, 0) is 10.9 Å². The Morgan fingerprint density at radius 1 is 1.07 bits per heavy atom. The molecule has 0 bridgehead atoms. The van der Waals surface area contributed by atoms with Crippen molar-refractivity contribution < 1.29 is 27.5 Å². The topological polar surface area (TPSA) is 73.2 Å². The van der Waals surface area contributed by atoms with Crippen LogP contribution in [-0.4, -0.2) is 28.8 Å². The van der Waals surface area contributed by atoms with E-state index in [0.717, 1.165) is 12.1 Å². The summed E-state index contributed by atoms with van der Waals surface area (Å²) < 4.78 is 45.0. The maximum absolute atomic E-state index is 13.0. The van der Waals surface area contributed by atoms with Crippen LogP contribution in [0.25, 0.3) is 5.69 Å². The minimum atomic E-state index is -4.49. The van der Waals surface area contributed by atoms with Gasteiger partial charge in [0.15, 0.2) is 0 Å². The van der Waals surface area contributed by atoms with E-state index in [1.807, 2.05) is 0 Å². The number of hydrogen-bond donors (Lipinski definition) is 1. The molecular formula is C21H18F3N3O3. The van der Waals surface area contributed by atoms with Gasteiger partial charge in [0.25, 0.3) is 5.91 Å². The Hall–Kier alpha value is -3.62. The molecule has 156 valence electrons. The lowest BCUT2D eigenvalue weighted by Gasteiger charge is -2.13. The maximum atomic E-state index is 13.0. The third-order valence-electron chi connectivity index (χ3n) is 4.59. The number of anilines is 1. The van der Waals surface area contributed by atoms with E-state index in [0.29, 0.717) is 16.9 Å². The lowest BCUT2D eigenvalue weighted by molar-refractivity contribution is -0.137. The Kier molecular flexibility index (Phi) is 5.64. The molecule has 0 aliphatic rings. The fourth-order valence-electron chi connectivity index (χ4n) is 3.00. The second kappa shape index (κ2) is 8.02. The van der Waals surface area contributed by atoms with Crippen LogP contribution in [0.15, 0.2) is 48.7 Å². The summed E-state index contributed by atoms with van der Waals surface area (Å²) in [6.07, 6.45) is -3.23. The molecule has 1 heterocycles. The number of aromatic nitrogens is 2. The SMILES string of the molecule is COC(=O)c1cccc(C)c1NC(=O)c1cnn(-c2cccc(C(F)(F)F)c2)c1C. The molecule has 0 aliphatic carbocycles. The predicted molar refractivity (Wildman–Crippen MR) is 104 cm³/mol. The van der Waals surface area contributed by atoms with E-state index in [4.69, 9.17) is 4.74 Å². The Bertz CT molecular complexity index is 1120. The van der Waals surface area contributed by atoms with Crippen molar-refractivity contribution >= 4 is 17.6 Å². The average Bonchev–Trinajstić information content (AvgIpc) is 3.09. The molecule has 1 aromatic heterocycles. The highest BCUT2D eigenvalue weighted by molar-refractivity contribution is 6.09. The van der Waals surface area contributed by atoms with Crippen molar-refractivity contribution in [3.63, 3.8) is 0 Å². The van der Waals surface area contributed by atoms with Crippen molar-refractivity contribution in [3.05, 3.63) is 76.6 Å². The molecule has 2 aromatic carbocycles. The number of aryl methyl sites for hydroxylation is 1. The molecule has 0 saturated carbocycles. The monoisotopic (exact) mass is 417 g/mol. The quantitative estimate of drug-likeness (QED) is 0.633. The first kappa shape index (κ1) is 21.1. The first-order valence-electron chi connectivity index (χ1n) is 8.85. The van der Waals surface area contributed by atoms with Crippen molar-refractivity contribution in [1.29, 1.82) is 0 Å². The number of alkyl halides is 3. The Balaban J connectivity index is 1.95. The van der Waals surface area contributed by atoms with Gasteiger partial charge in [-0.1, -0.05) is 18.2 Å². The molecule has 0 spiro atoms. The fraction of sp³-hybridized carbons (Fsp3) is 0.190. The first-order chi connectivity index (χ1) is 14.1. The summed E-state index contributed by atoms with van der Waals surface area (Å²) in [6.45, 7) is 3.29. The van der Waals surface area contributed by atoms with E-state index in [1.165, 1.54) is 36.2 Å². The molecule has 6 nitrogen and oxygen atoms in total. The zero-order valence-corrected chi connectivity index (χ0v) is 16.4. The third kappa shape index (κ3) is 4.05. The summed E-state index contributed by atoms with van der Waals surface area (Å²) in [5.41, 5.74) is 0.992. The molecular weight excluding hydrogens is 399 g/mol. The Morgan fingerprint density at radius 3 is 2.43 bits per heavy atom. The Labute approximate surface area is 170 Å². The molecule has 0 aliphatic heterocycles. The van der Waals surface area contributed by atoms with Gasteiger partial charge in [0, 0.05) is 0 Å². The number of esters is 1. The van der Waals surface area contributed by atoms with Crippen LogP contribution in [0.4, 0.5) is 18.9 Å². The minimum Gasteiger partial charge on any atom is -0.465 e. The van der Waals surface area contributed by atoms with Crippen LogP contribution in [0.3, 0.4) is 0 Å². The highest BCUT2D eigenvalue weighted by Crippen LogP contribution is 2.30. The summed E-state index contributed by atoms with van der Waals surface area (Å²) in [4.78, 5) is 24.8. The van der Waals surface area contributed by atoms with E-state index >= 15 is 0 Å². The van der Waals surface area contributed by atoms with Gasteiger partial charge in [-0.25, -0.2) is 9.48 Å². The number of hydrogen-bond acceptors (Lipinski definition) is 4. The van der Waals surface area contributed by atoms with Gasteiger partial charge in [-0.05, 0) is 43.7 Å². The van der Waals surface area contributed by atoms with Crippen LogP contribution >= 0.6 is 0 Å². The van der Waals surface area contributed by atoms with Crippen molar-refractivity contribution in [2.24, 2.45) is 0 Å². The van der Waals surface area contributed by atoms with Crippen LogP contribution in [0.2, 0.25) is 0 Å². The van der Waals surface area contributed by atoms with Crippen LogP contribution in [0, 0.1) is 13.8 Å². The molecule has 0 atom stereocenters. The van der Waals surface area contributed by atoms with Crippen molar-refractivity contribution in [2.45, 2.75) is 20.0 Å². The maximum Gasteiger partial charge on any atom is 0.416 e. The predicted octanol–water partition coefficient (Wildman–Crippen LogP) is 4.55. The third-order valence-corrected chi connectivity index (χ3v) is 4.59. The van der Waals surface area contributed by atoms with Gasteiger partial charge in [-0.3, -0.25) is 4.79 Å². The van der Waals surface area contributed by atoms with Crippen LogP contribution in [0.1, 0.15) is 37.5 Å². The molecule has 0 fully saturated rings. The number of amides is 1. The molecule has 1 amide bonds. The van der Waals surface area contributed by atoms with Crippen LogP contribution in [0.5, 0.6) is 0 Å². The van der Waals surface area contributed by atoms with Gasteiger partial charge >= 0.3 is 12.1 Å². The van der Waals surface area contributed by atoms with Gasteiger partial charge in [0.05, 0.1) is 47.1 Å².